The van der Waals surface area contributed by atoms with Crippen molar-refractivity contribution >= 4 is 5.97 Å². The molecule has 1 heterocycles. The molecule has 2 atom stereocenters. The van der Waals surface area contributed by atoms with Crippen LogP contribution < -0.4 is 0 Å². The van der Waals surface area contributed by atoms with Crippen molar-refractivity contribution in [3.05, 3.63) is 71.3 Å². The average Bonchev–Trinajstić information content (AvgIpc) is 2.93. The normalized spacial score (nSPS) is 24.2. The van der Waals surface area contributed by atoms with E-state index >= 15 is 4.39 Å². The highest BCUT2D eigenvalue weighted by Crippen LogP contribution is 2.39. The van der Waals surface area contributed by atoms with Crippen LogP contribution in [0.3, 0.4) is 0 Å². The van der Waals surface area contributed by atoms with Crippen LogP contribution in [0, 0.1) is 0 Å². The number of alkyl halides is 1. The number of hydrogen-bond acceptors (Lipinski definition) is 3. The Balaban J connectivity index is 1.75. The minimum atomic E-state index is -1.66. The molecule has 3 rings (SSSR count). The van der Waals surface area contributed by atoms with Crippen LogP contribution in [0.1, 0.15) is 27.4 Å². The van der Waals surface area contributed by atoms with E-state index < -0.39 is 18.2 Å². The highest BCUT2D eigenvalue weighted by atomic mass is 19.1. The third-order valence-corrected chi connectivity index (χ3v) is 4.62. The summed E-state index contributed by atoms with van der Waals surface area (Å²) in [5.74, 6) is -1.34. The number of aliphatic hydroxyl groups excluding tert-OH is 1. The first-order valence-electron chi connectivity index (χ1n) is 7.91. The third-order valence-electron chi connectivity index (χ3n) is 4.62. The molecule has 0 spiro atoms. The summed E-state index contributed by atoms with van der Waals surface area (Å²) in [7, 11) is 0. The summed E-state index contributed by atoms with van der Waals surface area (Å²) >= 11 is 0. The van der Waals surface area contributed by atoms with Gasteiger partial charge in [-0.15, -0.1) is 0 Å². The molecule has 2 unspecified atom stereocenters. The van der Waals surface area contributed by atoms with Crippen molar-refractivity contribution in [3.63, 3.8) is 0 Å². The molecule has 1 fully saturated rings. The van der Waals surface area contributed by atoms with E-state index in [1.165, 1.54) is 0 Å². The largest absolute Gasteiger partial charge is 0.478 e. The number of nitrogens with zero attached hydrogens (tertiary/aromatic N) is 1. The van der Waals surface area contributed by atoms with Crippen LogP contribution in [-0.4, -0.2) is 46.4 Å². The van der Waals surface area contributed by atoms with E-state index in [1.54, 1.807) is 24.3 Å². The lowest BCUT2D eigenvalue weighted by Gasteiger charge is -2.24. The van der Waals surface area contributed by atoms with Gasteiger partial charge in [0.2, 0.25) is 0 Å². The number of carbonyl (C=O) groups is 1. The zero-order chi connectivity index (χ0) is 17.2. The second kappa shape index (κ2) is 6.71. The molecule has 1 aliphatic heterocycles. The molecular weight excluding hydrogens is 309 g/mol. The molecule has 0 bridgehead atoms. The standard InChI is InChI=1S/C19H20FNO3/c20-19(13-22)12-21(11-17(19)15-4-2-1-3-5-15)10-14-6-8-16(9-7-14)18(23)24/h1-9,17,22H,10-13H2,(H,23,24). The molecule has 0 radical (unpaired) electrons. The Morgan fingerprint density at radius 2 is 1.83 bits per heavy atom. The van der Waals surface area contributed by atoms with Gasteiger partial charge in [-0.25, -0.2) is 9.18 Å². The summed E-state index contributed by atoms with van der Waals surface area (Å²) < 4.78 is 15.1. The summed E-state index contributed by atoms with van der Waals surface area (Å²) in [6, 6.07) is 16.0. The summed E-state index contributed by atoms with van der Waals surface area (Å²) in [6.07, 6.45) is 0. The van der Waals surface area contributed by atoms with Gasteiger partial charge in [0.1, 0.15) is 0 Å². The van der Waals surface area contributed by atoms with Crippen LogP contribution in [0.2, 0.25) is 0 Å². The zero-order valence-electron chi connectivity index (χ0n) is 13.2. The van der Waals surface area contributed by atoms with Crippen molar-refractivity contribution in [1.29, 1.82) is 0 Å². The van der Waals surface area contributed by atoms with Crippen LogP contribution in [0.15, 0.2) is 54.6 Å². The molecule has 5 heteroatoms. The maximum Gasteiger partial charge on any atom is 0.335 e. The van der Waals surface area contributed by atoms with E-state index in [4.69, 9.17) is 5.11 Å². The highest BCUT2D eigenvalue weighted by Gasteiger charge is 2.47. The lowest BCUT2D eigenvalue weighted by molar-refractivity contribution is 0.0647. The molecule has 2 N–H and O–H groups in total. The first-order chi connectivity index (χ1) is 11.5. The van der Waals surface area contributed by atoms with Crippen molar-refractivity contribution in [1.82, 2.24) is 4.90 Å². The molecule has 0 amide bonds. The maximum absolute atomic E-state index is 15.1. The van der Waals surface area contributed by atoms with Crippen molar-refractivity contribution in [2.45, 2.75) is 18.1 Å². The van der Waals surface area contributed by atoms with Gasteiger partial charge >= 0.3 is 5.97 Å². The van der Waals surface area contributed by atoms with Crippen molar-refractivity contribution in [3.8, 4) is 0 Å². The molecule has 2 aromatic rings. The lowest BCUT2D eigenvalue weighted by Crippen LogP contribution is -2.36. The summed E-state index contributed by atoms with van der Waals surface area (Å²) in [4.78, 5) is 12.9. The number of carboxylic acid groups (broad SMARTS) is 1. The third kappa shape index (κ3) is 3.32. The number of benzene rings is 2. The molecule has 0 saturated carbocycles. The Bertz CT molecular complexity index is 704. The second-order valence-electron chi connectivity index (χ2n) is 6.33. The predicted octanol–water partition coefficient (Wildman–Crippen LogP) is 2.68. The summed E-state index contributed by atoms with van der Waals surface area (Å²) in [5.41, 5.74) is 0.381. The van der Waals surface area contributed by atoms with Gasteiger partial charge in [-0.2, -0.15) is 0 Å². The number of aliphatic hydroxyl groups is 1. The van der Waals surface area contributed by atoms with E-state index in [9.17, 15) is 9.90 Å². The molecule has 126 valence electrons. The first-order valence-corrected chi connectivity index (χ1v) is 7.91. The molecule has 4 nitrogen and oxygen atoms in total. The van der Waals surface area contributed by atoms with Crippen molar-refractivity contribution < 1.29 is 19.4 Å². The average molecular weight is 329 g/mol. The maximum atomic E-state index is 15.1. The second-order valence-corrected chi connectivity index (χ2v) is 6.33. The highest BCUT2D eigenvalue weighted by molar-refractivity contribution is 5.87. The first kappa shape index (κ1) is 16.6. The molecule has 24 heavy (non-hydrogen) atoms. The Labute approximate surface area is 140 Å². The summed E-state index contributed by atoms with van der Waals surface area (Å²) in [5, 5.41) is 18.5. The van der Waals surface area contributed by atoms with E-state index in [0.29, 0.717) is 13.1 Å². The van der Waals surface area contributed by atoms with Crippen LogP contribution in [0.25, 0.3) is 0 Å². The van der Waals surface area contributed by atoms with Gasteiger partial charge in [0, 0.05) is 25.6 Å². The lowest BCUT2D eigenvalue weighted by atomic mass is 9.87. The van der Waals surface area contributed by atoms with Gasteiger partial charge in [-0.05, 0) is 23.3 Å². The van der Waals surface area contributed by atoms with Gasteiger partial charge in [-0.1, -0.05) is 42.5 Å². The fourth-order valence-corrected chi connectivity index (χ4v) is 3.35. The SMILES string of the molecule is O=C(O)c1ccc(CN2CC(c3ccccc3)C(F)(CO)C2)cc1. The Kier molecular flexibility index (Phi) is 4.64. The van der Waals surface area contributed by atoms with E-state index in [2.05, 4.69) is 0 Å². The van der Waals surface area contributed by atoms with Gasteiger partial charge in [0.15, 0.2) is 5.67 Å². The zero-order valence-corrected chi connectivity index (χ0v) is 13.2. The molecule has 0 aliphatic carbocycles. The minimum Gasteiger partial charge on any atom is -0.478 e. The van der Waals surface area contributed by atoms with Gasteiger partial charge in [-0.3, -0.25) is 4.90 Å². The van der Waals surface area contributed by atoms with Crippen LogP contribution in [0.5, 0.6) is 0 Å². The number of aromatic carboxylic acids is 1. The molecule has 2 aromatic carbocycles. The number of carboxylic acids is 1. The smallest absolute Gasteiger partial charge is 0.335 e. The number of rotatable bonds is 5. The van der Waals surface area contributed by atoms with Crippen molar-refractivity contribution in [2.75, 3.05) is 19.7 Å². The number of halogens is 1. The Hall–Kier alpha value is -2.24. The van der Waals surface area contributed by atoms with E-state index in [1.807, 2.05) is 35.2 Å². The molecule has 1 saturated heterocycles. The molecule has 0 aromatic heterocycles. The minimum absolute atomic E-state index is 0.156. The fourth-order valence-electron chi connectivity index (χ4n) is 3.35. The number of likely N-dealkylation sites (tertiary alicyclic amines) is 1. The van der Waals surface area contributed by atoms with Crippen molar-refractivity contribution in [2.24, 2.45) is 0 Å². The topological polar surface area (TPSA) is 60.8 Å². The monoisotopic (exact) mass is 329 g/mol. The Morgan fingerprint density at radius 3 is 2.42 bits per heavy atom. The predicted molar refractivity (Wildman–Crippen MR) is 88.8 cm³/mol. The van der Waals surface area contributed by atoms with E-state index in [0.717, 1.165) is 11.1 Å². The number of hydrogen-bond donors (Lipinski definition) is 2. The van der Waals surface area contributed by atoms with Gasteiger partial charge < -0.3 is 10.2 Å². The van der Waals surface area contributed by atoms with Gasteiger partial charge in [0.25, 0.3) is 0 Å². The molecular formula is C19H20FNO3. The van der Waals surface area contributed by atoms with Crippen LogP contribution >= 0.6 is 0 Å². The molecule has 1 aliphatic rings. The van der Waals surface area contributed by atoms with E-state index in [-0.39, 0.29) is 18.0 Å². The van der Waals surface area contributed by atoms with Crippen LogP contribution in [0.4, 0.5) is 4.39 Å². The quantitative estimate of drug-likeness (QED) is 0.885. The van der Waals surface area contributed by atoms with Crippen LogP contribution in [-0.2, 0) is 6.54 Å². The Morgan fingerprint density at radius 1 is 1.17 bits per heavy atom. The summed E-state index contributed by atoms with van der Waals surface area (Å²) in [6.45, 7) is 0.682. The van der Waals surface area contributed by atoms with Gasteiger partial charge in [0.05, 0.1) is 12.2 Å². The fraction of sp³-hybridized carbons (Fsp3) is 0.316.